The molecule has 1 saturated heterocycles. The van der Waals surface area contributed by atoms with E-state index in [2.05, 4.69) is 5.32 Å². The van der Waals surface area contributed by atoms with Gasteiger partial charge >= 0.3 is 5.97 Å². The number of benzene rings is 2. The van der Waals surface area contributed by atoms with Gasteiger partial charge in [0.2, 0.25) is 15.8 Å². The van der Waals surface area contributed by atoms with E-state index in [9.17, 15) is 22.8 Å². The number of nitrogens with zero attached hydrogens (tertiary/aromatic N) is 1. The summed E-state index contributed by atoms with van der Waals surface area (Å²) in [6.45, 7) is 3.73. The molecule has 2 atom stereocenters. The largest absolute Gasteiger partial charge is 0.482 e. The Balaban J connectivity index is 1.43. The van der Waals surface area contributed by atoms with Gasteiger partial charge in [-0.3, -0.25) is 9.59 Å². The summed E-state index contributed by atoms with van der Waals surface area (Å²) in [7, 11) is -3.65. The second-order valence-electron chi connectivity index (χ2n) is 8.44. The fourth-order valence-electron chi connectivity index (χ4n) is 4.08. The molecule has 1 amide bonds. The molecule has 10 heteroatoms. The smallest absolute Gasteiger partial charge is 0.338 e. The third-order valence-electron chi connectivity index (χ3n) is 5.99. The molecule has 0 bridgehead atoms. The minimum Gasteiger partial charge on any atom is -0.482 e. The van der Waals surface area contributed by atoms with E-state index >= 15 is 0 Å². The van der Waals surface area contributed by atoms with Gasteiger partial charge in [0.25, 0.3) is 5.91 Å². The molecular weight excluding hydrogens is 460 g/mol. The summed E-state index contributed by atoms with van der Waals surface area (Å²) in [4.78, 5) is 36.9. The van der Waals surface area contributed by atoms with Crippen molar-refractivity contribution >= 4 is 33.4 Å². The zero-order valence-corrected chi connectivity index (χ0v) is 19.8. The third kappa shape index (κ3) is 4.83. The molecule has 0 radical (unpaired) electrons. The van der Waals surface area contributed by atoms with Crippen molar-refractivity contribution in [2.45, 2.75) is 50.2 Å². The van der Waals surface area contributed by atoms with Crippen molar-refractivity contribution in [3.05, 3.63) is 53.6 Å². The molecule has 2 heterocycles. The first-order valence-corrected chi connectivity index (χ1v) is 12.5. The molecule has 180 valence electrons. The topological polar surface area (TPSA) is 119 Å². The number of ether oxygens (including phenoxy) is 2. The van der Waals surface area contributed by atoms with E-state index < -0.39 is 27.9 Å². The van der Waals surface area contributed by atoms with Crippen LogP contribution >= 0.6 is 0 Å². The highest BCUT2D eigenvalue weighted by molar-refractivity contribution is 7.89. The van der Waals surface area contributed by atoms with Crippen molar-refractivity contribution in [1.29, 1.82) is 0 Å². The van der Waals surface area contributed by atoms with Gasteiger partial charge < -0.3 is 14.8 Å². The highest BCUT2D eigenvalue weighted by Crippen LogP contribution is 2.29. The first-order valence-electron chi connectivity index (χ1n) is 11.1. The normalized spacial score (nSPS) is 19.4. The average Bonchev–Trinajstić information content (AvgIpc) is 2.83. The Morgan fingerprint density at radius 1 is 1.12 bits per heavy atom. The van der Waals surface area contributed by atoms with Crippen LogP contribution in [0.25, 0.3) is 0 Å². The first kappa shape index (κ1) is 23.9. The lowest BCUT2D eigenvalue weighted by molar-refractivity contribution is -0.118. The minimum absolute atomic E-state index is 0.0706. The van der Waals surface area contributed by atoms with Crippen LogP contribution < -0.4 is 10.1 Å². The lowest BCUT2D eigenvalue weighted by Gasteiger charge is -2.32. The number of hydrogen-bond donors (Lipinski definition) is 1. The lowest BCUT2D eigenvalue weighted by Crippen LogP contribution is -2.41. The molecule has 0 aromatic heterocycles. The number of amides is 1. The fourth-order valence-corrected chi connectivity index (χ4v) is 5.78. The molecule has 0 unspecified atom stereocenters. The molecule has 2 aliphatic heterocycles. The molecule has 1 fully saturated rings. The molecule has 4 rings (SSSR count). The predicted octanol–water partition coefficient (Wildman–Crippen LogP) is 3.01. The molecule has 9 nitrogen and oxygen atoms in total. The van der Waals surface area contributed by atoms with Crippen LogP contribution in [0.4, 0.5) is 5.69 Å². The van der Waals surface area contributed by atoms with Crippen molar-refractivity contribution in [2.24, 2.45) is 0 Å². The van der Waals surface area contributed by atoms with Crippen LogP contribution in [0.3, 0.4) is 0 Å². The zero-order valence-electron chi connectivity index (χ0n) is 18.9. The quantitative estimate of drug-likeness (QED) is 0.492. The number of ketones is 1. The van der Waals surface area contributed by atoms with Gasteiger partial charge in [-0.1, -0.05) is 6.42 Å². The number of carbonyl (C=O) groups excluding carboxylic acids is 3. The number of hydrogen-bond acceptors (Lipinski definition) is 7. The summed E-state index contributed by atoms with van der Waals surface area (Å²) >= 11 is 0. The van der Waals surface area contributed by atoms with Crippen LogP contribution in [0, 0.1) is 0 Å². The van der Waals surface area contributed by atoms with Crippen molar-refractivity contribution in [3.8, 4) is 5.75 Å². The Labute approximate surface area is 198 Å². The Morgan fingerprint density at radius 2 is 1.82 bits per heavy atom. The number of rotatable bonds is 6. The van der Waals surface area contributed by atoms with Crippen LogP contribution in [0.15, 0.2) is 47.4 Å². The van der Waals surface area contributed by atoms with Crippen LogP contribution in [-0.4, -0.2) is 55.7 Å². The Hall–Kier alpha value is -3.24. The van der Waals surface area contributed by atoms with E-state index in [-0.39, 0.29) is 34.6 Å². The Kier molecular flexibility index (Phi) is 6.72. The molecular formula is C24H26N2O7S. The lowest BCUT2D eigenvalue weighted by atomic mass is 10.1. The van der Waals surface area contributed by atoms with Gasteiger partial charge in [-0.25, -0.2) is 13.2 Å². The van der Waals surface area contributed by atoms with E-state index in [0.717, 1.165) is 19.3 Å². The minimum atomic E-state index is -3.65. The number of sulfonamides is 1. The van der Waals surface area contributed by atoms with E-state index in [1.165, 1.54) is 47.6 Å². The van der Waals surface area contributed by atoms with Gasteiger partial charge in [-0.15, -0.1) is 0 Å². The highest BCUT2D eigenvalue weighted by atomic mass is 32.2. The molecule has 2 aliphatic rings. The van der Waals surface area contributed by atoms with Crippen LogP contribution in [-0.2, 0) is 19.6 Å². The van der Waals surface area contributed by atoms with Crippen molar-refractivity contribution < 1.29 is 32.3 Å². The maximum Gasteiger partial charge on any atom is 0.338 e. The Bertz CT molecular complexity index is 1220. The van der Waals surface area contributed by atoms with E-state index in [1.54, 1.807) is 6.07 Å². The van der Waals surface area contributed by atoms with Gasteiger partial charge in [0, 0.05) is 18.2 Å². The second kappa shape index (κ2) is 9.55. The summed E-state index contributed by atoms with van der Waals surface area (Å²) in [6.07, 6.45) is 1.55. The van der Waals surface area contributed by atoms with Gasteiger partial charge in [-0.2, -0.15) is 4.31 Å². The number of esters is 1. The fraction of sp³-hybridized carbons (Fsp3) is 0.375. The van der Waals surface area contributed by atoms with Crippen molar-refractivity contribution in [2.75, 3.05) is 18.5 Å². The molecule has 0 saturated carbocycles. The number of anilines is 1. The van der Waals surface area contributed by atoms with E-state index in [1.807, 2.05) is 6.92 Å². The zero-order chi connectivity index (χ0) is 24.5. The van der Waals surface area contributed by atoms with Gasteiger partial charge in [0.15, 0.2) is 12.7 Å². The SMILES string of the molecule is C[C@H](OC(=O)c1ccc(S(=O)(=O)N2CCCC[C@H]2C)cc1)C(=O)c1ccc2c(c1)NC(=O)CO2. The molecule has 0 aliphatic carbocycles. The third-order valence-corrected chi connectivity index (χ3v) is 8.02. The summed E-state index contributed by atoms with van der Waals surface area (Å²) in [5.74, 6) is -1.06. The number of nitrogens with one attached hydrogen (secondary N) is 1. The van der Waals surface area contributed by atoms with Gasteiger partial charge in [-0.05, 0) is 69.2 Å². The summed E-state index contributed by atoms with van der Waals surface area (Å²) in [6, 6.07) is 10.0. The van der Waals surface area contributed by atoms with Crippen LogP contribution in [0.2, 0.25) is 0 Å². The second-order valence-corrected chi connectivity index (χ2v) is 10.3. The summed E-state index contributed by atoms with van der Waals surface area (Å²) in [5, 5.41) is 2.63. The van der Waals surface area contributed by atoms with E-state index in [0.29, 0.717) is 18.0 Å². The summed E-state index contributed by atoms with van der Waals surface area (Å²) in [5.41, 5.74) is 0.763. The predicted molar refractivity (Wildman–Crippen MR) is 123 cm³/mol. The Morgan fingerprint density at radius 3 is 2.53 bits per heavy atom. The first-order chi connectivity index (χ1) is 16.2. The molecule has 2 aromatic carbocycles. The maximum absolute atomic E-state index is 13.0. The van der Waals surface area contributed by atoms with Crippen LogP contribution in [0.5, 0.6) is 5.75 Å². The average molecular weight is 487 g/mol. The van der Waals surface area contributed by atoms with Crippen molar-refractivity contribution in [1.82, 2.24) is 4.31 Å². The number of Topliss-reactive ketones (excluding diaryl/α,β-unsaturated/α-hetero) is 1. The summed E-state index contributed by atoms with van der Waals surface area (Å²) < 4.78 is 38.0. The number of carbonyl (C=O) groups is 3. The highest BCUT2D eigenvalue weighted by Gasteiger charge is 2.31. The molecule has 2 aromatic rings. The maximum atomic E-state index is 13.0. The van der Waals surface area contributed by atoms with Crippen molar-refractivity contribution in [3.63, 3.8) is 0 Å². The number of piperidine rings is 1. The molecule has 34 heavy (non-hydrogen) atoms. The standard InChI is InChI=1S/C24H26N2O7S/c1-15-5-3-4-12-26(15)34(30,31)19-9-6-17(7-10-19)24(29)33-16(2)23(28)18-8-11-21-20(13-18)25-22(27)14-32-21/h6-11,13,15-16H,3-5,12,14H2,1-2H3,(H,25,27)/t15-,16+/m1/s1. The molecule has 1 N–H and O–H groups in total. The molecule has 0 spiro atoms. The van der Waals surface area contributed by atoms with Gasteiger partial charge in [0.05, 0.1) is 16.1 Å². The van der Waals surface area contributed by atoms with E-state index in [4.69, 9.17) is 9.47 Å². The van der Waals surface area contributed by atoms with Crippen LogP contribution in [0.1, 0.15) is 53.8 Å². The monoisotopic (exact) mass is 486 g/mol. The van der Waals surface area contributed by atoms with Gasteiger partial charge in [0.1, 0.15) is 5.75 Å². The number of fused-ring (bicyclic) bond motifs is 1.